The number of halogens is 3. The number of hydrogen-bond donors (Lipinski definition) is 1. The van der Waals surface area contributed by atoms with Crippen LogP contribution in [-0.2, 0) is 6.54 Å². The third kappa shape index (κ3) is 2.79. The molecule has 1 rings (SSSR count). The summed E-state index contributed by atoms with van der Waals surface area (Å²) < 4.78 is 36.4. The van der Waals surface area contributed by atoms with Crippen LogP contribution in [0.2, 0.25) is 0 Å². The molecule has 0 atom stereocenters. The van der Waals surface area contributed by atoms with E-state index in [1.54, 1.807) is 0 Å². The molecule has 0 unspecified atom stereocenters. The quantitative estimate of drug-likeness (QED) is 0.794. The van der Waals surface area contributed by atoms with Crippen LogP contribution >= 0.6 is 0 Å². The van der Waals surface area contributed by atoms with Crippen LogP contribution in [0, 0.1) is 0 Å². The van der Waals surface area contributed by atoms with Crippen molar-refractivity contribution in [3.63, 3.8) is 0 Å². The van der Waals surface area contributed by atoms with Gasteiger partial charge in [0.2, 0.25) is 0 Å². The maximum absolute atomic E-state index is 11.8. The van der Waals surface area contributed by atoms with Crippen molar-refractivity contribution >= 4 is 5.69 Å². The van der Waals surface area contributed by atoms with Gasteiger partial charge in [0.1, 0.15) is 0 Å². The standard InChI is InChI=1S/C8H9F3N2O/c9-8(10,11)3-5-13-4-1-2-6(12)7(13)14/h1-2,4H,3,5,12H2. The van der Waals surface area contributed by atoms with Gasteiger partial charge < -0.3 is 10.3 Å². The molecule has 2 N–H and O–H groups in total. The molecule has 0 saturated heterocycles. The number of alkyl halides is 3. The molecule has 1 aromatic rings. The van der Waals surface area contributed by atoms with Crippen LogP contribution in [0.25, 0.3) is 0 Å². The molecule has 6 heteroatoms. The third-order valence-corrected chi connectivity index (χ3v) is 1.69. The fourth-order valence-electron chi connectivity index (χ4n) is 0.979. The smallest absolute Gasteiger partial charge is 0.390 e. The van der Waals surface area contributed by atoms with Crippen LogP contribution in [0.1, 0.15) is 6.42 Å². The summed E-state index contributed by atoms with van der Waals surface area (Å²) in [5.74, 6) is 0. The average molecular weight is 206 g/mol. The van der Waals surface area contributed by atoms with Crippen molar-refractivity contribution in [2.45, 2.75) is 19.1 Å². The minimum Gasteiger partial charge on any atom is -0.394 e. The van der Waals surface area contributed by atoms with Gasteiger partial charge in [-0.25, -0.2) is 0 Å². The molecule has 0 radical (unpaired) electrons. The zero-order chi connectivity index (χ0) is 10.8. The molecule has 1 aromatic heterocycles. The van der Waals surface area contributed by atoms with Crippen molar-refractivity contribution in [2.75, 3.05) is 5.73 Å². The Morgan fingerprint density at radius 2 is 2.07 bits per heavy atom. The van der Waals surface area contributed by atoms with Crippen LogP contribution in [0.4, 0.5) is 18.9 Å². The third-order valence-electron chi connectivity index (χ3n) is 1.69. The van der Waals surface area contributed by atoms with Crippen LogP contribution < -0.4 is 11.3 Å². The first-order valence-electron chi connectivity index (χ1n) is 3.92. The molecule has 14 heavy (non-hydrogen) atoms. The maximum Gasteiger partial charge on any atom is 0.390 e. The van der Waals surface area contributed by atoms with E-state index in [-0.39, 0.29) is 5.69 Å². The SMILES string of the molecule is Nc1cccn(CCC(F)(F)F)c1=O. The zero-order valence-corrected chi connectivity index (χ0v) is 7.21. The first-order valence-corrected chi connectivity index (χ1v) is 3.92. The second kappa shape index (κ2) is 3.73. The van der Waals surface area contributed by atoms with Gasteiger partial charge in [0.15, 0.2) is 0 Å². The molecule has 0 aromatic carbocycles. The van der Waals surface area contributed by atoms with E-state index in [1.807, 2.05) is 0 Å². The highest BCUT2D eigenvalue weighted by atomic mass is 19.4. The van der Waals surface area contributed by atoms with E-state index in [4.69, 9.17) is 5.73 Å². The zero-order valence-electron chi connectivity index (χ0n) is 7.21. The Morgan fingerprint density at radius 3 is 2.64 bits per heavy atom. The highest BCUT2D eigenvalue weighted by molar-refractivity contribution is 5.33. The molecule has 0 spiro atoms. The summed E-state index contributed by atoms with van der Waals surface area (Å²) in [6, 6.07) is 2.79. The lowest BCUT2D eigenvalue weighted by Crippen LogP contribution is -2.24. The molecule has 0 fully saturated rings. The molecule has 3 nitrogen and oxygen atoms in total. The van der Waals surface area contributed by atoms with E-state index >= 15 is 0 Å². The van der Waals surface area contributed by atoms with Crippen molar-refractivity contribution in [3.8, 4) is 0 Å². The minimum atomic E-state index is -4.26. The second-order valence-electron chi connectivity index (χ2n) is 2.83. The summed E-state index contributed by atoms with van der Waals surface area (Å²) in [5.41, 5.74) is 4.61. The fraction of sp³-hybridized carbons (Fsp3) is 0.375. The van der Waals surface area contributed by atoms with Gasteiger partial charge in [0, 0.05) is 12.7 Å². The van der Waals surface area contributed by atoms with Gasteiger partial charge in [0.25, 0.3) is 5.56 Å². The second-order valence-corrected chi connectivity index (χ2v) is 2.83. The number of hydrogen-bond acceptors (Lipinski definition) is 2. The number of nitrogens with two attached hydrogens (primary N) is 1. The van der Waals surface area contributed by atoms with Gasteiger partial charge in [-0.3, -0.25) is 4.79 Å². The van der Waals surface area contributed by atoms with Gasteiger partial charge >= 0.3 is 6.18 Å². The normalized spacial score (nSPS) is 11.6. The first-order chi connectivity index (χ1) is 6.40. The number of aryl methyl sites for hydroxylation is 1. The number of nitrogens with zero attached hydrogens (tertiary/aromatic N) is 1. The lowest BCUT2D eigenvalue weighted by atomic mass is 10.3. The lowest BCUT2D eigenvalue weighted by Gasteiger charge is -2.08. The van der Waals surface area contributed by atoms with Crippen molar-refractivity contribution < 1.29 is 13.2 Å². The fourth-order valence-corrected chi connectivity index (χ4v) is 0.979. The first kappa shape index (κ1) is 10.6. The van der Waals surface area contributed by atoms with Crippen molar-refractivity contribution in [1.29, 1.82) is 0 Å². The van der Waals surface area contributed by atoms with Gasteiger partial charge in [-0.2, -0.15) is 13.2 Å². The predicted octanol–water partition coefficient (Wildman–Crippen LogP) is 1.38. The molecule has 0 aliphatic carbocycles. The van der Waals surface area contributed by atoms with Crippen LogP contribution in [-0.4, -0.2) is 10.7 Å². The predicted molar refractivity (Wildman–Crippen MR) is 45.8 cm³/mol. The number of nitrogen functional groups attached to an aromatic ring is 1. The molecular formula is C8H9F3N2O. The Morgan fingerprint density at radius 1 is 1.43 bits per heavy atom. The highest BCUT2D eigenvalue weighted by Gasteiger charge is 2.26. The van der Waals surface area contributed by atoms with E-state index in [9.17, 15) is 18.0 Å². The summed E-state index contributed by atoms with van der Waals surface area (Å²) in [7, 11) is 0. The topological polar surface area (TPSA) is 48.0 Å². The molecule has 0 amide bonds. The Balaban J connectivity index is 2.78. The van der Waals surface area contributed by atoms with E-state index in [0.717, 1.165) is 4.57 Å². The Hall–Kier alpha value is -1.46. The largest absolute Gasteiger partial charge is 0.394 e. The van der Waals surface area contributed by atoms with Crippen LogP contribution in [0.3, 0.4) is 0 Å². The molecular weight excluding hydrogens is 197 g/mol. The lowest BCUT2D eigenvalue weighted by molar-refractivity contribution is -0.136. The number of rotatable bonds is 2. The van der Waals surface area contributed by atoms with E-state index in [0.29, 0.717) is 0 Å². The molecule has 0 bridgehead atoms. The molecule has 0 saturated carbocycles. The summed E-state index contributed by atoms with van der Waals surface area (Å²) in [6.45, 7) is -0.395. The minimum absolute atomic E-state index is 0.0466. The average Bonchev–Trinajstić information content (AvgIpc) is 2.06. The van der Waals surface area contributed by atoms with Gasteiger partial charge in [-0.15, -0.1) is 0 Å². The number of anilines is 1. The van der Waals surface area contributed by atoms with Gasteiger partial charge in [-0.05, 0) is 12.1 Å². The summed E-state index contributed by atoms with van der Waals surface area (Å²) in [6.07, 6.45) is -4.01. The molecule has 0 aliphatic rings. The van der Waals surface area contributed by atoms with E-state index < -0.39 is 24.7 Å². The van der Waals surface area contributed by atoms with Crippen LogP contribution in [0.5, 0.6) is 0 Å². The van der Waals surface area contributed by atoms with Gasteiger partial charge in [0.05, 0.1) is 12.1 Å². The maximum atomic E-state index is 11.8. The number of pyridine rings is 1. The Labute approximate surface area is 78.0 Å². The van der Waals surface area contributed by atoms with E-state index in [2.05, 4.69) is 0 Å². The van der Waals surface area contributed by atoms with Crippen molar-refractivity contribution in [2.24, 2.45) is 0 Å². The molecule has 78 valence electrons. The van der Waals surface area contributed by atoms with Crippen LogP contribution in [0.15, 0.2) is 23.1 Å². The number of aromatic nitrogens is 1. The molecule has 0 aliphatic heterocycles. The van der Waals surface area contributed by atoms with E-state index in [1.165, 1.54) is 18.3 Å². The summed E-state index contributed by atoms with van der Waals surface area (Å²) >= 11 is 0. The Kier molecular flexibility index (Phi) is 2.83. The summed E-state index contributed by atoms with van der Waals surface area (Å²) in [5, 5.41) is 0. The van der Waals surface area contributed by atoms with Crippen molar-refractivity contribution in [3.05, 3.63) is 28.7 Å². The monoisotopic (exact) mass is 206 g/mol. The highest BCUT2D eigenvalue weighted by Crippen LogP contribution is 2.19. The van der Waals surface area contributed by atoms with Gasteiger partial charge in [-0.1, -0.05) is 0 Å². The summed E-state index contributed by atoms with van der Waals surface area (Å²) in [4.78, 5) is 11.2. The Bertz CT molecular complexity index is 370. The van der Waals surface area contributed by atoms with Crippen molar-refractivity contribution in [1.82, 2.24) is 4.57 Å². The molecule has 1 heterocycles.